The van der Waals surface area contributed by atoms with Crippen LogP contribution < -0.4 is 0 Å². The molecule has 4 rings (SSSR count). The largest absolute Gasteiger partial charge is 0.366 e. The highest BCUT2D eigenvalue weighted by Gasteiger charge is 2.47. The van der Waals surface area contributed by atoms with Crippen LogP contribution in [0.1, 0.15) is 17.4 Å². The van der Waals surface area contributed by atoms with Crippen LogP contribution in [0.4, 0.5) is 0 Å². The lowest BCUT2D eigenvalue weighted by Crippen LogP contribution is -2.57. The zero-order valence-electron chi connectivity index (χ0n) is 15.3. The molecule has 5 atom stereocenters. The number of hydrogen-bond donors (Lipinski definition) is 0. The smallest absolute Gasteiger partial charge is 0.184 e. The third-order valence-electron chi connectivity index (χ3n) is 4.88. The molecule has 5 heteroatoms. The molecular weight excluding hydrogens is 344 g/mol. The van der Waals surface area contributed by atoms with Gasteiger partial charge in [0, 0.05) is 18.2 Å². The molecule has 0 radical (unpaired) electrons. The van der Waals surface area contributed by atoms with Crippen molar-refractivity contribution in [3.05, 3.63) is 83.9 Å². The van der Waals surface area contributed by atoms with Crippen LogP contribution in [-0.2, 0) is 30.3 Å². The van der Waals surface area contributed by atoms with Crippen LogP contribution in [0.5, 0.6) is 0 Å². The van der Waals surface area contributed by atoms with E-state index < -0.39 is 12.6 Å². The monoisotopic (exact) mass is 368 g/mol. The van der Waals surface area contributed by atoms with Crippen LogP contribution in [0, 0.1) is 0 Å². The zero-order chi connectivity index (χ0) is 18.6. The van der Waals surface area contributed by atoms with E-state index >= 15 is 0 Å². The first-order valence-corrected chi connectivity index (χ1v) is 9.10. The molecule has 0 saturated carbocycles. The summed E-state index contributed by atoms with van der Waals surface area (Å²) in [7, 11) is 1.60. The highest BCUT2D eigenvalue weighted by atomic mass is 16.7. The molecule has 0 amide bonds. The van der Waals surface area contributed by atoms with Crippen molar-refractivity contribution in [2.24, 2.45) is 0 Å². The van der Waals surface area contributed by atoms with Crippen LogP contribution in [0.25, 0.3) is 0 Å². The third-order valence-corrected chi connectivity index (χ3v) is 4.88. The zero-order valence-corrected chi connectivity index (χ0v) is 15.3. The number of ether oxygens (including phenoxy) is 5. The minimum atomic E-state index is -0.535. The Morgan fingerprint density at radius 2 is 1.70 bits per heavy atom. The molecule has 2 heterocycles. The van der Waals surface area contributed by atoms with E-state index in [9.17, 15) is 0 Å². The maximum absolute atomic E-state index is 6.25. The minimum absolute atomic E-state index is 0.277. The van der Waals surface area contributed by atoms with E-state index in [0.29, 0.717) is 13.2 Å². The number of rotatable bonds is 5. The first-order valence-electron chi connectivity index (χ1n) is 9.10. The lowest BCUT2D eigenvalue weighted by atomic mass is 9.96. The van der Waals surface area contributed by atoms with Gasteiger partial charge in [0.1, 0.15) is 18.3 Å². The molecule has 0 aromatic heterocycles. The molecule has 0 bridgehead atoms. The molecule has 27 heavy (non-hydrogen) atoms. The Morgan fingerprint density at radius 1 is 1.00 bits per heavy atom. The van der Waals surface area contributed by atoms with Gasteiger partial charge in [0.05, 0.1) is 13.2 Å². The summed E-state index contributed by atoms with van der Waals surface area (Å²) in [6.07, 6.45) is -1.92. The summed E-state index contributed by atoms with van der Waals surface area (Å²) in [5, 5.41) is 0. The Hall–Kier alpha value is -2.02. The second-order valence-corrected chi connectivity index (χ2v) is 6.71. The van der Waals surface area contributed by atoms with Gasteiger partial charge in [-0.05, 0) is 5.56 Å². The number of fused-ring (bicyclic) bond motifs is 1. The Labute approximate surface area is 159 Å². The van der Waals surface area contributed by atoms with E-state index in [-0.39, 0.29) is 18.3 Å². The summed E-state index contributed by atoms with van der Waals surface area (Å²) in [6, 6.07) is 19.9. The van der Waals surface area contributed by atoms with Crippen molar-refractivity contribution in [1.29, 1.82) is 0 Å². The van der Waals surface area contributed by atoms with E-state index in [1.54, 1.807) is 7.11 Å². The van der Waals surface area contributed by atoms with Gasteiger partial charge in [0.15, 0.2) is 12.6 Å². The average molecular weight is 368 g/mol. The van der Waals surface area contributed by atoms with Crippen molar-refractivity contribution in [3.63, 3.8) is 0 Å². The Balaban J connectivity index is 1.52. The molecule has 142 valence electrons. The molecule has 0 N–H and O–H groups in total. The van der Waals surface area contributed by atoms with E-state index in [0.717, 1.165) is 16.7 Å². The molecule has 2 aliphatic rings. The Kier molecular flexibility index (Phi) is 5.66. The molecular formula is C22H24O5. The summed E-state index contributed by atoms with van der Waals surface area (Å²) in [6.45, 7) is 5.02. The van der Waals surface area contributed by atoms with Crippen LogP contribution in [0.2, 0.25) is 0 Å². The van der Waals surface area contributed by atoms with Gasteiger partial charge in [-0.25, -0.2) is 0 Å². The molecule has 2 aromatic carbocycles. The van der Waals surface area contributed by atoms with Gasteiger partial charge in [-0.1, -0.05) is 67.2 Å². The third kappa shape index (κ3) is 3.98. The standard InChI is InChI=1S/C22H24O5/c1-15-19(24-13-16-9-5-3-6-10-16)20-18(26-21(15)23-2)14-25-22(27-20)17-11-7-4-8-12-17/h3-12,18-22H,1,13-14H2,2H3/t18-,19-,20-,21+,22-/m1/s1. The Bertz CT molecular complexity index is 748. The molecule has 2 aromatic rings. The van der Waals surface area contributed by atoms with Gasteiger partial charge in [0.25, 0.3) is 0 Å². The molecule has 5 nitrogen and oxygen atoms in total. The van der Waals surface area contributed by atoms with Crippen molar-refractivity contribution in [1.82, 2.24) is 0 Å². The van der Waals surface area contributed by atoms with Crippen molar-refractivity contribution in [2.75, 3.05) is 13.7 Å². The van der Waals surface area contributed by atoms with Crippen LogP contribution in [0.3, 0.4) is 0 Å². The lowest BCUT2D eigenvalue weighted by Gasteiger charge is -2.46. The van der Waals surface area contributed by atoms with Crippen LogP contribution >= 0.6 is 0 Å². The average Bonchev–Trinajstić information content (AvgIpc) is 2.74. The summed E-state index contributed by atoms with van der Waals surface area (Å²) < 4.78 is 29.8. The summed E-state index contributed by atoms with van der Waals surface area (Å²) >= 11 is 0. The maximum Gasteiger partial charge on any atom is 0.184 e. The number of methoxy groups -OCH3 is 1. The van der Waals surface area contributed by atoms with Gasteiger partial charge in [-0.2, -0.15) is 0 Å². The topological polar surface area (TPSA) is 46.2 Å². The summed E-state index contributed by atoms with van der Waals surface area (Å²) in [4.78, 5) is 0. The van der Waals surface area contributed by atoms with Crippen molar-refractivity contribution in [2.45, 2.75) is 37.5 Å². The predicted octanol–water partition coefficient (Wildman–Crippen LogP) is 3.61. The highest BCUT2D eigenvalue weighted by Crippen LogP contribution is 2.37. The molecule has 0 aliphatic carbocycles. The lowest BCUT2D eigenvalue weighted by molar-refractivity contribution is -0.322. The second-order valence-electron chi connectivity index (χ2n) is 6.71. The molecule has 0 unspecified atom stereocenters. The second kappa shape index (κ2) is 8.33. The highest BCUT2D eigenvalue weighted by molar-refractivity contribution is 5.19. The van der Waals surface area contributed by atoms with E-state index in [1.165, 1.54) is 0 Å². The predicted molar refractivity (Wildman–Crippen MR) is 99.8 cm³/mol. The first kappa shape index (κ1) is 18.3. The quantitative estimate of drug-likeness (QED) is 0.755. The normalized spacial score (nSPS) is 30.7. The number of hydrogen-bond acceptors (Lipinski definition) is 5. The van der Waals surface area contributed by atoms with Gasteiger partial charge >= 0.3 is 0 Å². The fraction of sp³-hybridized carbons (Fsp3) is 0.364. The van der Waals surface area contributed by atoms with Gasteiger partial charge < -0.3 is 23.7 Å². The molecule has 2 fully saturated rings. The fourth-order valence-corrected chi connectivity index (χ4v) is 3.48. The van der Waals surface area contributed by atoms with Gasteiger partial charge in [0.2, 0.25) is 0 Å². The Morgan fingerprint density at radius 3 is 2.41 bits per heavy atom. The molecule has 2 saturated heterocycles. The first-order chi connectivity index (χ1) is 13.3. The van der Waals surface area contributed by atoms with Crippen LogP contribution in [0.15, 0.2) is 72.8 Å². The van der Waals surface area contributed by atoms with E-state index in [1.807, 2.05) is 60.7 Å². The number of benzene rings is 2. The fourth-order valence-electron chi connectivity index (χ4n) is 3.48. The van der Waals surface area contributed by atoms with Crippen molar-refractivity contribution < 1.29 is 23.7 Å². The summed E-state index contributed by atoms with van der Waals surface area (Å²) in [5.74, 6) is 0. The van der Waals surface area contributed by atoms with Gasteiger partial charge in [-0.3, -0.25) is 0 Å². The van der Waals surface area contributed by atoms with Gasteiger partial charge in [-0.15, -0.1) is 0 Å². The summed E-state index contributed by atoms with van der Waals surface area (Å²) in [5.41, 5.74) is 2.79. The minimum Gasteiger partial charge on any atom is -0.366 e. The SMILES string of the molecule is C=C1[C@@H](OC)O[C@@H]2CO[C@@H](c3ccccc3)O[C@H]2[C@@H]1OCc1ccccc1. The maximum atomic E-state index is 6.25. The van der Waals surface area contributed by atoms with Crippen molar-refractivity contribution in [3.8, 4) is 0 Å². The van der Waals surface area contributed by atoms with Crippen LogP contribution in [-0.4, -0.2) is 38.3 Å². The van der Waals surface area contributed by atoms with Crippen molar-refractivity contribution >= 4 is 0 Å². The molecule has 0 spiro atoms. The molecule has 2 aliphatic heterocycles. The van der Waals surface area contributed by atoms with E-state index in [2.05, 4.69) is 6.58 Å². The van der Waals surface area contributed by atoms with E-state index in [4.69, 9.17) is 23.7 Å².